The Balaban J connectivity index is 1.73. The summed E-state index contributed by atoms with van der Waals surface area (Å²) in [6.07, 6.45) is 0. The Morgan fingerprint density at radius 1 is 0.857 bits per heavy atom. The van der Waals surface area contributed by atoms with Crippen LogP contribution in [0.3, 0.4) is 0 Å². The Kier molecular flexibility index (Phi) is 5.64. The SMILES string of the molecule is CC(=O)Nc1cccc(C(=O)Nc2cccc(Oc3nc(C)cc(C)n3)c2)c1. The third kappa shape index (κ3) is 5.14. The molecule has 2 aromatic carbocycles. The standard InChI is InChI=1S/C21H20N4O3/c1-13-10-14(2)23-21(22-13)28-19-9-5-8-18(12-19)25-20(27)16-6-4-7-17(11-16)24-15(3)26/h4-12H,1-3H3,(H,24,26)(H,25,27). The number of carbonyl (C=O) groups excluding carboxylic acids is 2. The van der Waals surface area contributed by atoms with E-state index in [-0.39, 0.29) is 17.8 Å². The highest BCUT2D eigenvalue weighted by atomic mass is 16.5. The molecule has 2 amide bonds. The van der Waals surface area contributed by atoms with Gasteiger partial charge >= 0.3 is 6.01 Å². The van der Waals surface area contributed by atoms with Crippen molar-refractivity contribution in [3.63, 3.8) is 0 Å². The Hall–Kier alpha value is -3.74. The van der Waals surface area contributed by atoms with E-state index in [1.54, 1.807) is 48.5 Å². The van der Waals surface area contributed by atoms with Crippen molar-refractivity contribution in [1.82, 2.24) is 9.97 Å². The molecule has 2 N–H and O–H groups in total. The second-order valence-corrected chi connectivity index (χ2v) is 6.28. The van der Waals surface area contributed by atoms with E-state index in [1.807, 2.05) is 19.9 Å². The first-order valence-electron chi connectivity index (χ1n) is 8.68. The van der Waals surface area contributed by atoms with Gasteiger partial charge in [-0.05, 0) is 50.2 Å². The lowest BCUT2D eigenvalue weighted by Crippen LogP contribution is -2.13. The van der Waals surface area contributed by atoms with Crippen LogP contribution in [0.25, 0.3) is 0 Å². The van der Waals surface area contributed by atoms with Gasteiger partial charge in [-0.3, -0.25) is 9.59 Å². The molecule has 1 aromatic heterocycles. The summed E-state index contributed by atoms with van der Waals surface area (Å²) in [6, 6.07) is 15.8. The van der Waals surface area contributed by atoms with Crippen LogP contribution in [0, 0.1) is 13.8 Å². The first-order valence-corrected chi connectivity index (χ1v) is 8.68. The summed E-state index contributed by atoms with van der Waals surface area (Å²) in [4.78, 5) is 32.2. The van der Waals surface area contributed by atoms with Gasteiger partial charge in [0.25, 0.3) is 5.91 Å². The third-order valence-corrected chi connectivity index (χ3v) is 3.71. The van der Waals surface area contributed by atoms with Crippen molar-refractivity contribution < 1.29 is 14.3 Å². The van der Waals surface area contributed by atoms with Crippen LogP contribution in [-0.2, 0) is 4.79 Å². The molecule has 0 unspecified atom stereocenters. The zero-order valence-electron chi connectivity index (χ0n) is 15.8. The highest BCUT2D eigenvalue weighted by Crippen LogP contribution is 2.23. The van der Waals surface area contributed by atoms with E-state index in [0.29, 0.717) is 22.7 Å². The maximum Gasteiger partial charge on any atom is 0.322 e. The number of hydrogen-bond acceptors (Lipinski definition) is 5. The molecule has 0 fully saturated rings. The van der Waals surface area contributed by atoms with Crippen molar-refractivity contribution in [2.45, 2.75) is 20.8 Å². The summed E-state index contributed by atoms with van der Waals surface area (Å²) in [5, 5.41) is 5.47. The molecule has 3 rings (SSSR count). The summed E-state index contributed by atoms with van der Waals surface area (Å²) in [5.41, 5.74) is 3.17. The molecule has 3 aromatic rings. The van der Waals surface area contributed by atoms with E-state index >= 15 is 0 Å². The quantitative estimate of drug-likeness (QED) is 0.699. The lowest BCUT2D eigenvalue weighted by atomic mass is 10.2. The summed E-state index contributed by atoms with van der Waals surface area (Å²) in [5.74, 6) is 0.0119. The van der Waals surface area contributed by atoms with Gasteiger partial charge in [0.05, 0.1) is 0 Å². The molecule has 1 heterocycles. The third-order valence-electron chi connectivity index (χ3n) is 3.71. The zero-order chi connectivity index (χ0) is 20.1. The molecule has 142 valence electrons. The van der Waals surface area contributed by atoms with Crippen molar-refractivity contribution in [3.8, 4) is 11.8 Å². The second-order valence-electron chi connectivity index (χ2n) is 6.28. The zero-order valence-corrected chi connectivity index (χ0v) is 15.8. The van der Waals surface area contributed by atoms with E-state index in [0.717, 1.165) is 11.4 Å². The summed E-state index contributed by atoms with van der Waals surface area (Å²) in [6.45, 7) is 5.15. The van der Waals surface area contributed by atoms with E-state index in [1.165, 1.54) is 6.92 Å². The summed E-state index contributed by atoms with van der Waals surface area (Å²) >= 11 is 0. The number of carbonyl (C=O) groups is 2. The minimum Gasteiger partial charge on any atom is -0.424 e. The molecule has 0 atom stereocenters. The first-order chi connectivity index (χ1) is 13.4. The normalized spacial score (nSPS) is 10.2. The monoisotopic (exact) mass is 376 g/mol. The van der Waals surface area contributed by atoms with E-state index in [9.17, 15) is 9.59 Å². The van der Waals surface area contributed by atoms with Crippen LogP contribution >= 0.6 is 0 Å². The number of hydrogen-bond donors (Lipinski definition) is 2. The van der Waals surface area contributed by atoms with Crippen LogP contribution in [0.15, 0.2) is 54.6 Å². The maximum atomic E-state index is 12.5. The number of aromatic nitrogens is 2. The van der Waals surface area contributed by atoms with Crippen molar-refractivity contribution >= 4 is 23.2 Å². The van der Waals surface area contributed by atoms with Crippen LogP contribution in [0.4, 0.5) is 11.4 Å². The lowest BCUT2D eigenvalue weighted by molar-refractivity contribution is -0.114. The Bertz CT molecular complexity index is 1010. The fourth-order valence-electron chi connectivity index (χ4n) is 2.63. The van der Waals surface area contributed by atoms with Crippen LogP contribution in [0.1, 0.15) is 28.7 Å². The Labute approximate surface area is 162 Å². The highest BCUT2D eigenvalue weighted by Gasteiger charge is 2.09. The molecule has 7 nitrogen and oxygen atoms in total. The van der Waals surface area contributed by atoms with Gasteiger partial charge < -0.3 is 15.4 Å². The molecular weight excluding hydrogens is 356 g/mol. The summed E-state index contributed by atoms with van der Waals surface area (Å²) < 4.78 is 5.71. The molecule has 0 spiro atoms. The molecule has 7 heteroatoms. The number of nitrogens with zero attached hydrogens (tertiary/aromatic N) is 2. The fraction of sp³-hybridized carbons (Fsp3) is 0.143. The summed E-state index contributed by atoms with van der Waals surface area (Å²) in [7, 11) is 0. The van der Waals surface area contributed by atoms with Crippen LogP contribution in [-0.4, -0.2) is 21.8 Å². The second kappa shape index (κ2) is 8.30. The number of aryl methyl sites for hydroxylation is 2. The van der Waals surface area contributed by atoms with Gasteiger partial charge in [0.15, 0.2) is 0 Å². The molecule has 28 heavy (non-hydrogen) atoms. The van der Waals surface area contributed by atoms with Gasteiger partial charge in [0.1, 0.15) is 5.75 Å². The minimum atomic E-state index is -0.299. The van der Waals surface area contributed by atoms with Crippen molar-refractivity contribution in [2.24, 2.45) is 0 Å². The average molecular weight is 376 g/mol. The lowest BCUT2D eigenvalue weighted by Gasteiger charge is -2.10. The topological polar surface area (TPSA) is 93.2 Å². The number of rotatable bonds is 5. The minimum absolute atomic E-state index is 0.198. The molecule has 0 aliphatic rings. The van der Waals surface area contributed by atoms with E-state index in [2.05, 4.69) is 20.6 Å². The molecule has 0 aliphatic heterocycles. The molecule has 0 saturated carbocycles. The average Bonchev–Trinajstić information content (AvgIpc) is 2.61. The largest absolute Gasteiger partial charge is 0.424 e. The number of benzene rings is 2. The smallest absolute Gasteiger partial charge is 0.322 e. The number of amides is 2. The van der Waals surface area contributed by atoms with Gasteiger partial charge in [-0.1, -0.05) is 12.1 Å². The van der Waals surface area contributed by atoms with Gasteiger partial charge in [0, 0.05) is 41.3 Å². The van der Waals surface area contributed by atoms with Gasteiger partial charge in [-0.2, -0.15) is 0 Å². The predicted molar refractivity (Wildman–Crippen MR) is 107 cm³/mol. The maximum absolute atomic E-state index is 12.5. The van der Waals surface area contributed by atoms with Crippen LogP contribution in [0.5, 0.6) is 11.8 Å². The molecule has 0 bridgehead atoms. The van der Waals surface area contributed by atoms with Crippen LogP contribution < -0.4 is 15.4 Å². The van der Waals surface area contributed by atoms with Crippen LogP contribution in [0.2, 0.25) is 0 Å². The first kappa shape index (κ1) is 19.0. The predicted octanol–water partition coefficient (Wildman–Crippen LogP) is 4.10. The van der Waals surface area contributed by atoms with Gasteiger partial charge in [-0.15, -0.1) is 0 Å². The number of anilines is 2. The van der Waals surface area contributed by atoms with Gasteiger partial charge in [0.2, 0.25) is 5.91 Å². The number of nitrogens with one attached hydrogen (secondary N) is 2. The fourth-order valence-corrected chi connectivity index (χ4v) is 2.63. The van der Waals surface area contributed by atoms with E-state index < -0.39 is 0 Å². The van der Waals surface area contributed by atoms with E-state index in [4.69, 9.17) is 4.74 Å². The Morgan fingerprint density at radius 2 is 1.50 bits per heavy atom. The van der Waals surface area contributed by atoms with Crippen molar-refractivity contribution in [3.05, 3.63) is 71.5 Å². The molecule has 0 aliphatic carbocycles. The Morgan fingerprint density at radius 3 is 2.18 bits per heavy atom. The van der Waals surface area contributed by atoms with Crippen molar-refractivity contribution in [1.29, 1.82) is 0 Å². The van der Waals surface area contributed by atoms with Crippen molar-refractivity contribution in [2.75, 3.05) is 10.6 Å². The highest BCUT2D eigenvalue weighted by molar-refractivity contribution is 6.05. The molecule has 0 radical (unpaired) electrons. The molecular formula is C21H20N4O3. The number of ether oxygens (including phenoxy) is 1. The van der Waals surface area contributed by atoms with Gasteiger partial charge in [-0.25, -0.2) is 9.97 Å². The molecule has 0 saturated heterocycles.